The third-order valence-electron chi connectivity index (χ3n) is 2.72. The van der Waals surface area contributed by atoms with E-state index in [9.17, 15) is 4.79 Å². The minimum Gasteiger partial charge on any atom is -0.375 e. The van der Waals surface area contributed by atoms with Crippen LogP contribution in [0.1, 0.15) is 20.8 Å². The van der Waals surface area contributed by atoms with Crippen molar-refractivity contribution in [2.24, 2.45) is 0 Å². The number of hydrogen-bond donors (Lipinski definition) is 1. The fourth-order valence-electron chi connectivity index (χ4n) is 1.91. The van der Waals surface area contributed by atoms with E-state index in [1.54, 1.807) is 0 Å². The number of rotatable bonds is 6. The molecular weight excluding hydrogens is 228 g/mol. The summed E-state index contributed by atoms with van der Waals surface area (Å²) in [6.07, 6.45) is 0. The molecule has 0 aromatic heterocycles. The normalized spacial score (nSPS) is 10.5. The molecule has 0 bridgehead atoms. The Kier molecular flexibility index (Phi) is 5.65. The van der Waals surface area contributed by atoms with Crippen LogP contribution >= 0.6 is 0 Å². The van der Waals surface area contributed by atoms with E-state index in [-0.39, 0.29) is 12.5 Å². The lowest BCUT2D eigenvalue weighted by molar-refractivity contribution is -0.119. The molecule has 1 aromatic rings. The van der Waals surface area contributed by atoms with Gasteiger partial charge in [0, 0.05) is 31.1 Å². The quantitative estimate of drug-likeness (QED) is 0.843. The zero-order chi connectivity index (χ0) is 13.5. The fourth-order valence-corrected chi connectivity index (χ4v) is 1.91. The van der Waals surface area contributed by atoms with Crippen LogP contribution in [0.4, 0.5) is 11.4 Å². The van der Waals surface area contributed by atoms with E-state index >= 15 is 0 Å². The van der Waals surface area contributed by atoms with Crippen LogP contribution in [0.5, 0.6) is 0 Å². The topological polar surface area (TPSA) is 41.6 Å². The molecule has 1 amide bonds. The summed E-state index contributed by atoms with van der Waals surface area (Å²) in [7, 11) is 1.50. The number of benzene rings is 1. The maximum absolute atomic E-state index is 11.3. The monoisotopic (exact) mass is 250 g/mol. The number of amides is 1. The number of anilines is 2. The van der Waals surface area contributed by atoms with E-state index in [4.69, 9.17) is 4.74 Å². The summed E-state index contributed by atoms with van der Waals surface area (Å²) in [6.45, 7) is 7.51. The highest BCUT2D eigenvalue weighted by atomic mass is 16.5. The lowest BCUT2D eigenvalue weighted by Crippen LogP contribution is -2.30. The molecule has 0 aliphatic heterocycles. The molecule has 0 heterocycles. The molecule has 0 radical (unpaired) electrons. The predicted molar refractivity (Wildman–Crippen MR) is 75.1 cm³/mol. The largest absolute Gasteiger partial charge is 0.375 e. The Morgan fingerprint density at radius 3 is 2.39 bits per heavy atom. The minimum absolute atomic E-state index is 0.0782. The Morgan fingerprint density at radius 2 is 1.94 bits per heavy atom. The first-order valence-electron chi connectivity index (χ1n) is 6.24. The molecule has 1 N–H and O–H groups in total. The lowest BCUT2D eigenvalue weighted by atomic mass is 10.2. The fraction of sp³-hybridized carbons (Fsp3) is 0.500. The van der Waals surface area contributed by atoms with E-state index < -0.39 is 0 Å². The molecule has 1 rings (SSSR count). The number of nitrogens with zero attached hydrogens (tertiary/aromatic N) is 1. The highest BCUT2D eigenvalue weighted by molar-refractivity contribution is 5.91. The second-order valence-electron chi connectivity index (χ2n) is 4.41. The van der Waals surface area contributed by atoms with Crippen molar-refractivity contribution >= 4 is 17.3 Å². The summed E-state index contributed by atoms with van der Waals surface area (Å²) < 4.78 is 4.77. The molecule has 0 aliphatic carbocycles. The molecule has 0 saturated heterocycles. The molecule has 18 heavy (non-hydrogen) atoms. The Bertz CT molecular complexity index is 374. The number of methoxy groups -OCH3 is 1. The van der Waals surface area contributed by atoms with Gasteiger partial charge in [0.15, 0.2) is 0 Å². The van der Waals surface area contributed by atoms with E-state index in [1.807, 2.05) is 24.3 Å². The van der Waals surface area contributed by atoms with E-state index in [1.165, 1.54) is 7.11 Å². The van der Waals surface area contributed by atoms with Crippen LogP contribution in [0, 0.1) is 0 Å². The number of carbonyl (C=O) groups is 1. The first kappa shape index (κ1) is 14.5. The van der Waals surface area contributed by atoms with E-state index in [0.717, 1.165) is 17.9 Å². The van der Waals surface area contributed by atoms with Gasteiger partial charge in [-0.3, -0.25) is 4.79 Å². The number of carbonyl (C=O) groups excluding carboxylic acids is 1. The number of ether oxygens (including phenoxy) is 1. The molecule has 0 aliphatic rings. The van der Waals surface area contributed by atoms with Gasteiger partial charge >= 0.3 is 0 Å². The van der Waals surface area contributed by atoms with Crippen molar-refractivity contribution < 1.29 is 9.53 Å². The molecule has 0 atom stereocenters. The van der Waals surface area contributed by atoms with Gasteiger partial charge in [-0.25, -0.2) is 0 Å². The van der Waals surface area contributed by atoms with Gasteiger partial charge in [0.25, 0.3) is 0 Å². The summed E-state index contributed by atoms with van der Waals surface area (Å²) in [5.41, 5.74) is 1.96. The minimum atomic E-state index is -0.138. The van der Waals surface area contributed by atoms with Crippen LogP contribution in [-0.2, 0) is 9.53 Å². The van der Waals surface area contributed by atoms with Crippen LogP contribution in [0.15, 0.2) is 24.3 Å². The summed E-state index contributed by atoms with van der Waals surface area (Å²) in [6, 6.07) is 8.32. The summed E-state index contributed by atoms with van der Waals surface area (Å²) in [4.78, 5) is 13.6. The van der Waals surface area contributed by atoms with Crippen LogP contribution in [0.3, 0.4) is 0 Å². The Balaban J connectivity index is 2.70. The van der Waals surface area contributed by atoms with Gasteiger partial charge in [0.2, 0.25) is 5.91 Å². The van der Waals surface area contributed by atoms with Crippen LogP contribution in [0.2, 0.25) is 0 Å². The van der Waals surface area contributed by atoms with Gasteiger partial charge in [0.05, 0.1) is 0 Å². The average Bonchev–Trinajstić information content (AvgIpc) is 2.32. The third-order valence-corrected chi connectivity index (χ3v) is 2.72. The predicted octanol–water partition coefficient (Wildman–Crippen LogP) is 2.51. The van der Waals surface area contributed by atoms with Crippen molar-refractivity contribution in [3.8, 4) is 0 Å². The molecule has 1 aromatic carbocycles. The molecular formula is C14H22N2O2. The van der Waals surface area contributed by atoms with E-state index in [0.29, 0.717) is 6.04 Å². The SMILES string of the molecule is CCN(c1ccc(NC(=O)COC)cc1)C(C)C. The Labute approximate surface area is 109 Å². The molecule has 0 spiro atoms. The smallest absolute Gasteiger partial charge is 0.250 e. The van der Waals surface area contributed by atoms with Gasteiger partial charge in [-0.1, -0.05) is 0 Å². The molecule has 0 unspecified atom stereocenters. The van der Waals surface area contributed by atoms with Gasteiger partial charge in [-0.2, -0.15) is 0 Å². The molecule has 100 valence electrons. The summed E-state index contributed by atoms with van der Waals surface area (Å²) >= 11 is 0. The van der Waals surface area contributed by atoms with Crippen LogP contribution in [-0.4, -0.2) is 32.2 Å². The maximum Gasteiger partial charge on any atom is 0.250 e. The second kappa shape index (κ2) is 7.01. The van der Waals surface area contributed by atoms with Crippen molar-refractivity contribution in [1.82, 2.24) is 0 Å². The molecule has 0 fully saturated rings. The van der Waals surface area contributed by atoms with Crippen molar-refractivity contribution in [3.05, 3.63) is 24.3 Å². The van der Waals surface area contributed by atoms with Crippen LogP contribution in [0.25, 0.3) is 0 Å². The first-order chi connectivity index (χ1) is 8.58. The molecule has 4 heteroatoms. The zero-order valence-corrected chi connectivity index (χ0v) is 11.6. The van der Waals surface area contributed by atoms with Crippen molar-refractivity contribution in [3.63, 3.8) is 0 Å². The van der Waals surface area contributed by atoms with E-state index in [2.05, 4.69) is 31.0 Å². The first-order valence-corrected chi connectivity index (χ1v) is 6.24. The molecule has 4 nitrogen and oxygen atoms in total. The van der Waals surface area contributed by atoms with Crippen LogP contribution < -0.4 is 10.2 Å². The summed E-state index contributed by atoms with van der Waals surface area (Å²) in [5.74, 6) is -0.138. The zero-order valence-electron chi connectivity index (χ0n) is 11.6. The van der Waals surface area contributed by atoms with Gasteiger partial charge in [0.1, 0.15) is 6.61 Å². The van der Waals surface area contributed by atoms with Gasteiger partial charge < -0.3 is 15.0 Å². The summed E-state index contributed by atoms with van der Waals surface area (Å²) in [5, 5.41) is 2.77. The maximum atomic E-state index is 11.3. The van der Waals surface area contributed by atoms with Crippen molar-refractivity contribution in [2.45, 2.75) is 26.8 Å². The van der Waals surface area contributed by atoms with Gasteiger partial charge in [-0.05, 0) is 45.0 Å². The number of nitrogens with one attached hydrogen (secondary N) is 1. The average molecular weight is 250 g/mol. The third kappa shape index (κ3) is 4.04. The number of hydrogen-bond acceptors (Lipinski definition) is 3. The highest BCUT2D eigenvalue weighted by Crippen LogP contribution is 2.19. The second-order valence-corrected chi connectivity index (χ2v) is 4.41. The lowest BCUT2D eigenvalue weighted by Gasteiger charge is -2.27. The van der Waals surface area contributed by atoms with Gasteiger partial charge in [-0.15, -0.1) is 0 Å². The van der Waals surface area contributed by atoms with Crippen molar-refractivity contribution in [2.75, 3.05) is 30.5 Å². The Morgan fingerprint density at radius 1 is 1.33 bits per heavy atom. The molecule has 0 saturated carbocycles. The Hall–Kier alpha value is -1.55. The highest BCUT2D eigenvalue weighted by Gasteiger charge is 2.08. The standard InChI is InChI=1S/C14H22N2O2/c1-5-16(11(2)3)13-8-6-12(7-9-13)15-14(17)10-18-4/h6-9,11H,5,10H2,1-4H3,(H,15,17). The van der Waals surface area contributed by atoms with Crippen molar-refractivity contribution in [1.29, 1.82) is 0 Å².